The van der Waals surface area contributed by atoms with Crippen LogP contribution >= 0.6 is 0 Å². The Balaban J connectivity index is 1.81. The number of carbonyl (C=O) groups excluding carboxylic acids is 1. The third-order valence-corrected chi connectivity index (χ3v) is 4.53. The summed E-state index contributed by atoms with van der Waals surface area (Å²) in [5, 5.41) is 16.2. The SMILES string of the molecule is Cc1nc2cnn(C)c2cc1C(=O)NC(CCC(=O)O)Cc1ccccc1. The number of pyridine rings is 1. The largest absolute Gasteiger partial charge is 0.481 e. The second-order valence-electron chi connectivity index (χ2n) is 6.59. The summed E-state index contributed by atoms with van der Waals surface area (Å²) in [4.78, 5) is 28.3. The van der Waals surface area contributed by atoms with Crippen LogP contribution in [0.1, 0.15) is 34.5 Å². The van der Waals surface area contributed by atoms with E-state index in [2.05, 4.69) is 15.4 Å². The van der Waals surface area contributed by atoms with Crippen molar-refractivity contribution in [2.45, 2.75) is 32.2 Å². The minimum Gasteiger partial charge on any atom is -0.481 e. The van der Waals surface area contributed by atoms with Crippen LogP contribution < -0.4 is 5.32 Å². The van der Waals surface area contributed by atoms with Gasteiger partial charge in [-0.3, -0.25) is 14.3 Å². The molecule has 0 saturated carbocycles. The zero-order valence-corrected chi connectivity index (χ0v) is 15.3. The lowest BCUT2D eigenvalue weighted by Gasteiger charge is -2.19. The zero-order valence-electron chi connectivity index (χ0n) is 15.3. The first-order chi connectivity index (χ1) is 12.9. The average Bonchev–Trinajstić information content (AvgIpc) is 2.99. The predicted molar refractivity (Wildman–Crippen MR) is 102 cm³/mol. The molecule has 1 atom stereocenters. The molecule has 2 N–H and O–H groups in total. The topological polar surface area (TPSA) is 97.1 Å². The fraction of sp³-hybridized carbons (Fsp3) is 0.300. The fourth-order valence-corrected chi connectivity index (χ4v) is 3.09. The summed E-state index contributed by atoms with van der Waals surface area (Å²) in [7, 11) is 1.80. The highest BCUT2D eigenvalue weighted by atomic mass is 16.4. The molecular formula is C20H22N4O3. The Morgan fingerprint density at radius 3 is 2.70 bits per heavy atom. The Kier molecular flexibility index (Phi) is 5.49. The highest BCUT2D eigenvalue weighted by Gasteiger charge is 2.19. The predicted octanol–water partition coefficient (Wildman–Crippen LogP) is 2.48. The number of hydrogen-bond donors (Lipinski definition) is 2. The molecule has 0 aliphatic heterocycles. The van der Waals surface area contributed by atoms with Gasteiger partial charge in [0.15, 0.2) is 0 Å². The zero-order chi connectivity index (χ0) is 19.4. The molecule has 0 bridgehead atoms. The summed E-state index contributed by atoms with van der Waals surface area (Å²) in [6.45, 7) is 1.78. The molecule has 7 heteroatoms. The summed E-state index contributed by atoms with van der Waals surface area (Å²) in [5.41, 5.74) is 3.64. The second-order valence-corrected chi connectivity index (χ2v) is 6.59. The van der Waals surface area contributed by atoms with Gasteiger partial charge in [-0.25, -0.2) is 4.98 Å². The minimum atomic E-state index is -0.878. The molecule has 2 aromatic heterocycles. The number of carbonyl (C=O) groups is 2. The van der Waals surface area contributed by atoms with Crippen LogP contribution in [-0.2, 0) is 18.3 Å². The highest BCUT2D eigenvalue weighted by molar-refractivity contribution is 5.98. The molecule has 1 amide bonds. The number of carboxylic acids is 1. The van der Waals surface area contributed by atoms with E-state index in [9.17, 15) is 9.59 Å². The number of nitrogens with zero attached hydrogens (tertiary/aromatic N) is 3. The molecule has 0 aliphatic rings. The van der Waals surface area contributed by atoms with E-state index in [1.165, 1.54) is 0 Å². The van der Waals surface area contributed by atoms with Gasteiger partial charge in [0.25, 0.3) is 5.91 Å². The normalized spacial score (nSPS) is 12.1. The summed E-state index contributed by atoms with van der Waals surface area (Å²) < 4.78 is 1.67. The van der Waals surface area contributed by atoms with Gasteiger partial charge in [-0.1, -0.05) is 30.3 Å². The lowest BCUT2D eigenvalue weighted by molar-refractivity contribution is -0.137. The third kappa shape index (κ3) is 4.49. The molecule has 3 aromatic rings. The summed E-state index contributed by atoms with van der Waals surface area (Å²) >= 11 is 0. The number of aryl methyl sites for hydroxylation is 2. The number of carboxylic acid groups (broad SMARTS) is 1. The highest BCUT2D eigenvalue weighted by Crippen LogP contribution is 2.16. The van der Waals surface area contributed by atoms with Crippen LogP contribution in [0.15, 0.2) is 42.6 Å². The number of aromatic nitrogens is 3. The van der Waals surface area contributed by atoms with Gasteiger partial charge in [0.2, 0.25) is 0 Å². The Labute approximate surface area is 157 Å². The first-order valence-electron chi connectivity index (χ1n) is 8.80. The molecule has 140 valence electrons. The Morgan fingerprint density at radius 2 is 2.00 bits per heavy atom. The first-order valence-corrected chi connectivity index (χ1v) is 8.80. The van der Waals surface area contributed by atoms with Gasteiger partial charge in [0.05, 0.1) is 23.0 Å². The quantitative estimate of drug-likeness (QED) is 0.669. The standard InChI is InChI=1S/C20H22N4O3/c1-13-16(11-18-17(22-13)12-21-24(18)2)20(27)23-15(8-9-19(25)26)10-14-6-4-3-5-7-14/h3-7,11-12,15H,8-10H2,1-2H3,(H,23,27)(H,25,26). The van der Waals surface area contributed by atoms with Crippen molar-refractivity contribution in [3.63, 3.8) is 0 Å². The first kappa shape index (κ1) is 18.6. The van der Waals surface area contributed by atoms with E-state index >= 15 is 0 Å². The van der Waals surface area contributed by atoms with E-state index in [-0.39, 0.29) is 18.4 Å². The number of benzene rings is 1. The summed E-state index contributed by atoms with van der Waals surface area (Å²) in [6.07, 6.45) is 2.58. The average molecular weight is 366 g/mol. The smallest absolute Gasteiger partial charge is 0.303 e. The third-order valence-electron chi connectivity index (χ3n) is 4.53. The van der Waals surface area contributed by atoms with Crippen LogP contribution in [-0.4, -0.2) is 37.8 Å². The number of fused-ring (bicyclic) bond motifs is 1. The van der Waals surface area contributed by atoms with Gasteiger partial charge in [-0.15, -0.1) is 0 Å². The molecule has 27 heavy (non-hydrogen) atoms. The molecule has 3 rings (SSSR count). The van der Waals surface area contributed by atoms with Crippen LogP contribution in [0.5, 0.6) is 0 Å². The molecule has 0 saturated heterocycles. The molecular weight excluding hydrogens is 344 g/mol. The van der Waals surface area contributed by atoms with Crippen molar-refractivity contribution in [1.82, 2.24) is 20.1 Å². The maximum atomic E-state index is 12.9. The van der Waals surface area contributed by atoms with Crippen molar-refractivity contribution in [2.24, 2.45) is 7.05 Å². The molecule has 2 heterocycles. The van der Waals surface area contributed by atoms with Gasteiger partial charge >= 0.3 is 5.97 Å². The molecule has 0 aliphatic carbocycles. The number of amides is 1. The van der Waals surface area contributed by atoms with Gasteiger partial charge < -0.3 is 10.4 Å². The lowest BCUT2D eigenvalue weighted by atomic mass is 10.0. The molecule has 0 radical (unpaired) electrons. The van der Waals surface area contributed by atoms with Gasteiger partial charge in [-0.2, -0.15) is 5.10 Å². The summed E-state index contributed by atoms with van der Waals surface area (Å²) in [6, 6.07) is 11.2. The maximum absolute atomic E-state index is 12.9. The second kappa shape index (κ2) is 7.99. The monoisotopic (exact) mass is 366 g/mol. The van der Waals surface area contributed by atoms with Gasteiger partial charge in [0, 0.05) is 19.5 Å². The van der Waals surface area contributed by atoms with Gasteiger partial charge in [0.1, 0.15) is 5.52 Å². The maximum Gasteiger partial charge on any atom is 0.303 e. The van der Waals surface area contributed by atoms with Crippen LogP contribution in [0, 0.1) is 6.92 Å². The number of nitrogens with one attached hydrogen (secondary N) is 1. The number of rotatable bonds is 7. The molecule has 0 spiro atoms. The van der Waals surface area contributed by atoms with Crippen molar-refractivity contribution < 1.29 is 14.7 Å². The molecule has 7 nitrogen and oxygen atoms in total. The van der Waals surface area contributed by atoms with Crippen LogP contribution in [0.3, 0.4) is 0 Å². The fourth-order valence-electron chi connectivity index (χ4n) is 3.09. The van der Waals surface area contributed by atoms with E-state index in [1.807, 2.05) is 30.3 Å². The number of aliphatic carboxylic acids is 1. The van der Waals surface area contributed by atoms with Crippen molar-refractivity contribution >= 4 is 22.9 Å². The van der Waals surface area contributed by atoms with Crippen molar-refractivity contribution in [3.8, 4) is 0 Å². The van der Waals surface area contributed by atoms with Gasteiger partial charge in [-0.05, 0) is 31.4 Å². The molecule has 1 unspecified atom stereocenters. The number of hydrogen-bond acceptors (Lipinski definition) is 4. The van der Waals surface area contributed by atoms with E-state index < -0.39 is 5.97 Å². The Morgan fingerprint density at radius 1 is 1.26 bits per heavy atom. The van der Waals surface area contributed by atoms with E-state index in [4.69, 9.17) is 5.11 Å². The van der Waals surface area contributed by atoms with E-state index in [1.54, 1.807) is 30.9 Å². The van der Waals surface area contributed by atoms with Crippen LogP contribution in [0.25, 0.3) is 11.0 Å². The van der Waals surface area contributed by atoms with Crippen LogP contribution in [0.4, 0.5) is 0 Å². The summed E-state index contributed by atoms with van der Waals surface area (Å²) in [5.74, 6) is -1.13. The van der Waals surface area contributed by atoms with Crippen molar-refractivity contribution in [3.05, 3.63) is 59.4 Å². The van der Waals surface area contributed by atoms with E-state index in [0.717, 1.165) is 16.6 Å². The molecule has 0 fully saturated rings. The Hall–Kier alpha value is -3.22. The lowest BCUT2D eigenvalue weighted by Crippen LogP contribution is -2.37. The van der Waals surface area contributed by atoms with Crippen molar-refractivity contribution in [2.75, 3.05) is 0 Å². The van der Waals surface area contributed by atoms with E-state index in [0.29, 0.717) is 24.1 Å². The van der Waals surface area contributed by atoms with Crippen LogP contribution in [0.2, 0.25) is 0 Å². The minimum absolute atomic E-state index is 0.00419. The Bertz CT molecular complexity index is 966. The molecule has 1 aromatic carbocycles. The van der Waals surface area contributed by atoms with Crippen molar-refractivity contribution in [1.29, 1.82) is 0 Å².